The van der Waals surface area contributed by atoms with Crippen molar-refractivity contribution in [2.75, 3.05) is 7.05 Å². The minimum atomic E-state index is -0.425. The molecule has 2 rings (SSSR count). The molecule has 2 atom stereocenters. The number of benzene rings is 1. The Balaban J connectivity index is 2.74. The van der Waals surface area contributed by atoms with Gasteiger partial charge >= 0.3 is 0 Å². The van der Waals surface area contributed by atoms with E-state index in [1.807, 2.05) is 19.1 Å². The molecule has 2 unspecified atom stereocenters. The lowest BCUT2D eigenvalue weighted by Gasteiger charge is -2.17. The first-order valence-corrected chi connectivity index (χ1v) is 6.80. The minimum absolute atomic E-state index is 0.113. The van der Waals surface area contributed by atoms with E-state index in [4.69, 9.17) is 23.2 Å². The van der Waals surface area contributed by atoms with E-state index in [2.05, 4.69) is 10.3 Å². The molecular formula is C13H15Cl2N3O. The molecule has 0 saturated carbocycles. The zero-order chi connectivity index (χ0) is 14.2. The van der Waals surface area contributed by atoms with Crippen molar-refractivity contribution in [3.8, 4) is 0 Å². The maximum absolute atomic E-state index is 11.9. The van der Waals surface area contributed by atoms with Gasteiger partial charge in [0.25, 0.3) is 0 Å². The number of halogens is 2. The molecule has 1 amide bonds. The molecule has 102 valence electrons. The predicted octanol–water partition coefficient (Wildman–Crippen LogP) is 3.30. The molecule has 0 fully saturated rings. The number of rotatable bonds is 3. The van der Waals surface area contributed by atoms with Crippen LogP contribution in [-0.2, 0) is 4.79 Å². The standard InChI is InChI=1S/C13H15Cl2N3O/c1-7(14)12-17-10-6-4-5-9(15)11(10)18(12)8(2)13(19)16-3/h4-8H,1-3H3,(H,16,19). The summed E-state index contributed by atoms with van der Waals surface area (Å²) in [5.41, 5.74) is 1.48. The quantitative estimate of drug-likeness (QED) is 0.884. The van der Waals surface area contributed by atoms with Gasteiger partial charge in [-0.15, -0.1) is 11.6 Å². The van der Waals surface area contributed by atoms with Crippen molar-refractivity contribution >= 4 is 40.1 Å². The van der Waals surface area contributed by atoms with Crippen molar-refractivity contribution in [2.45, 2.75) is 25.3 Å². The number of nitrogens with zero attached hydrogens (tertiary/aromatic N) is 2. The van der Waals surface area contributed by atoms with Crippen LogP contribution >= 0.6 is 23.2 Å². The van der Waals surface area contributed by atoms with Crippen LogP contribution in [0.1, 0.15) is 31.1 Å². The van der Waals surface area contributed by atoms with Gasteiger partial charge in [0.2, 0.25) is 5.91 Å². The van der Waals surface area contributed by atoms with E-state index < -0.39 is 6.04 Å². The van der Waals surface area contributed by atoms with Crippen LogP contribution < -0.4 is 5.32 Å². The fourth-order valence-electron chi connectivity index (χ4n) is 2.12. The fraction of sp³-hybridized carbons (Fsp3) is 0.385. The molecular weight excluding hydrogens is 285 g/mol. The largest absolute Gasteiger partial charge is 0.357 e. The zero-order valence-corrected chi connectivity index (χ0v) is 12.5. The molecule has 0 bridgehead atoms. The molecule has 0 aliphatic heterocycles. The van der Waals surface area contributed by atoms with Gasteiger partial charge in [0.05, 0.1) is 21.4 Å². The number of carbonyl (C=O) groups excluding carboxylic acids is 1. The second-order valence-corrected chi connectivity index (χ2v) is 5.42. The van der Waals surface area contributed by atoms with E-state index in [0.717, 1.165) is 11.0 Å². The maximum atomic E-state index is 11.9. The zero-order valence-electron chi connectivity index (χ0n) is 10.9. The van der Waals surface area contributed by atoms with Gasteiger partial charge in [-0.05, 0) is 26.0 Å². The summed E-state index contributed by atoms with van der Waals surface area (Å²) in [6, 6.07) is 5.04. The van der Waals surface area contributed by atoms with Crippen molar-refractivity contribution in [1.29, 1.82) is 0 Å². The molecule has 1 aromatic heterocycles. The van der Waals surface area contributed by atoms with Gasteiger partial charge in [-0.3, -0.25) is 4.79 Å². The molecule has 6 heteroatoms. The van der Waals surface area contributed by atoms with Crippen molar-refractivity contribution < 1.29 is 4.79 Å². The number of nitrogens with one attached hydrogen (secondary N) is 1. The number of likely N-dealkylation sites (N-methyl/N-ethyl adjacent to an activating group) is 1. The number of carbonyl (C=O) groups is 1. The Morgan fingerprint density at radius 2 is 2.11 bits per heavy atom. The van der Waals surface area contributed by atoms with Gasteiger partial charge in [0.15, 0.2) is 0 Å². The van der Waals surface area contributed by atoms with Crippen molar-refractivity contribution in [1.82, 2.24) is 14.9 Å². The molecule has 1 N–H and O–H groups in total. The van der Waals surface area contributed by atoms with Crippen LogP contribution in [0.5, 0.6) is 0 Å². The molecule has 1 heterocycles. The highest BCUT2D eigenvalue weighted by atomic mass is 35.5. The Morgan fingerprint density at radius 1 is 1.42 bits per heavy atom. The third-order valence-corrected chi connectivity index (χ3v) is 3.56. The minimum Gasteiger partial charge on any atom is -0.357 e. The van der Waals surface area contributed by atoms with Gasteiger partial charge in [0, 0.05) is 7.05 Å². The summed E-state index contributed by atoms with van der Waals surface area (Å²) >= 11 is 12.4. The topological polar surface area (TPSA) is 46.9 Å². The van der Waals surface area contributed by atoms with Gasteiger partial charge in [0.1, 0.15) is 11.9 Å². The molecule has 0 spiro atoms. The normalized spacial score (nSPS) is 14.4. The highest BCUT2D eigenvalue weighted by molar-refractivity contribution is 6.35. The first kappa shape index (κ1) is 14.2. The van der Waals surface area contributed by atoms with Crippen LogP contribution in [-0.4, -0.2) is 22.5 Å². The third kappa shape index (κ3) is 2.42. The number of alkyl halides is 1. The highest BCUT2D eigenvalue weighted by Crippen LogP contribution is 2.32. The number of hydrogen-bond acceptors (Lipinski definition) is 2. The Kier molecular flexibility index (Phi) is 4.02. The van der Waals surface area contributed by atoms with Crippen molar-refractivity contribution in [2.24, 2.45) is 0 Å². The number of imidazole rings is 1. The number of fused-ring (bicyclic) bond motifs is 1. The third-order valence-electron chi connectivity index (χ3n) is 3.06. The average Bonchev–Trinajstić information content (AvgIpc) is 2.78. The summed E-state index contributed by atoms with van der Waals surface area (Å²) in [5.74, 6) is 0.527. The lowest BCUT2D eigenvalue weighted by Crippen LogP contribution is -2.28. The van der Waals surface area contributed by atoms with Crippen LogP contribution in [0.2, 0.25) is 5.02 Å². The predicted molar refractivity (Wildman–Crippen MR) is 77.8 cm³/mol. The second kappa shape index (κ2) is 5.39. The molecule has 19 heavy (non-hydrogen) atoms. The van der Waals surface area contributed by atoms with E-state index >= 15 is 0 Å². The van der Waals surface area contributed by atoms with Crippen LogP contribution in [0.25, 0.3) is 11.0 Å². The van der Waals surface area contributed by atoms with Crippen LogP contribution in [0, 0.1) is 0 Å². The molecule has 0 radical (unpaired) electrons. The maximum Gasteiger partial charge on any atom is 0.242 e. The van der Waals surface area contributed by atoms with Gasteiger partial charge in [-0.25, -0.2) is 4.98 Å². The monoisotopic (exact) mass is 299 g/mol. The highest BCUT2D eigenvalue weighted by Gasteiger charge is 2.24. The van der Waals surface area contributed by atoms with Gasteiger partial charge in [-0.1, -0.05) is 17.7 Å². The summed E-state index contributed by atoms with van der Waals surface area (Å²) in [6.45, 7) is 3.62. The number of amides is 1. The molecule has 0 aliphatic rings. The summed E-state index contributed by atoms with van der Waals surface area (Å²) in [5, 5.41) is 2.88. The van der Waals surface area contributed by atoms with Crippen LogP contribution in [0.3, 0.4) is 0 Å². The fourth-order valence-corrected chi connectivity index (χ4v) is 2.54. The summed E-state index contributed by atoms with van der Waals surface area (Å²) in [7, 11) is 1.60. The van der Waals surface area contributed by atoms with E-state index in [1.165, 1.54) is 0 Å². The van der Waals surface area contributed by atoms with E-state index in [9.17, 15) is 4.79 Å². The van der Waals surface area contributed by atoms with E-state index in [1.54, 1.807) is 24.6 Å². The van der Waals surface area contributed by atoms with E-state index in [-0.39, 0.29) is 11.3 Å². The summed E-state index contributed by atoms with van der Waals surface area (Å²) in [4.78, 5) is 16.4. The molecule has 1 aromatic carbocycles. The van der Waals surface area contributed by atoms with E-state index in [0.29, 0.717) is 10.8 Å². The molecule has 2 aromatic rings. The molecule has 0 saturated heterocycles. The Bertz CT molecular complexity index is 622. The summed E-state index contributed by atoms with van der Waals surface area (Å²) in [6.07, 6.45) is 0. The molecule has 4 nitrogen and oxygen atoms in total. The van der Waals surface area contributed by atoms with Crippen LogP contribution in [0.4, 0.5) is 0 Å². The number of hydrogen-bond donors (Lipinski definition) is 1. The Hall–Kier alpha value is -1.26. The van der Waals surface area contributed by atoms with Gasteiger partial charge in [-0.2, -0.15) is 0 Å². The lowest BCUT2D eigenvalue weighted by atomic mass is 10.2. The SMILES string of the molecule is CNC(=O)C(C)n1c(C(C)Cl)nc2cccc(Cl)c21. The number of aromatic nitrogens is 2. The smallest absolute Gasteiger partial charge is 0.242 e. The first-order chi connectivity index (χ1) is 8.97. The lowest BCUT2D eigenvalue weighted by molar-refractivity contribution is -0.123. The van der Waals surface area contributed by atoms with Crippen LogP contribution in [0.15, 0.2) is 18.2 Å². The van der Waals surface area contributed by atoms with Crippen molar-refractivity contribution in [3.05, 3.63) is 29.0 Å². The Morgan fingerprint density at radius 3 is 2.68 bits per heavy atom. The Labute approximate surface area is 121 Å². The average molecular weight is 300 g/mol. The second-order valence-electron chi connectivity index (χ2n) is 4.35. The summed E-state index contributed by atoms with van der Waals surface area (Å²) < 4.78 is 1.80. The van der Waals surface area contributed by atoms with Gasteiger partial charge < -0.3 is 9.88 Å². The van der Waals surface area contributed by atoms with Crippen molar-refractivity contribution in [3.63, 3.8) is 0 Å². The molecule has 0 aliphatic carbocycles. The first-order valence-electron chi connectivity index (χ1n) is 5.99. The number of para-hydroxylation sites is 1.